The Morgan fingerprint density at radius 3 is 3.08 bits per heavy atom. The molecule has 0 fully saturated rings. The van der Waals surface area contributed by atoms with Crippen molar-refractivity contribution in [3.63, 3.8) is 0 Å². The van der Waals surface area contributed by atoms with E-state index in [0.29, 0.717) is 0 Å². The quantitative estimate of drug-likeness (QED) is 0.561. The first-order valence-electron chi connectivity index (χ1n) is 4.10. The molecule has 0 spiro atoms. The fourth-order valence-electron chi connectivity index (χ4n) is 1.24. The number of carbonyl (C=O) groups is 1. The van der Waals surface area contributed by atoms with Crippen molar-refractivity contribution in [1.29, 1.82) is 0 Å². The Bertz CT molecular complexity index is 404. The summed E-state index contributed by atoms with van der Waals surface area (Å²) in [6.45, 7) is 1.56. The first-order valence-corrected chi connectivity index (χ1v) is 4.10. The van der Waals surface area contributed by atoms with Crippen LogP contribution < -0.4 is 0 Å². The molecule has 0 amide bonds. The molecular weight excluding hydrogens is 162 g/mol. The highest BCUT2D eigenvalue weighted by Gasteiger charge is 2.11. The van der Waals surface area contributed by atoms with Crippen molar-refractivity contribution in [2.45, 2.75) is 6.92 Å². The fourth-order valence-corrected chi connectivity index (χ4v) is 1.24. The molecule has 2 rings (SSSR count). The number of fused-ring (bicyclic) bond motifs is 1. The molecule has 0 saturated heterocycles. The molecule has 2 heterocycles. The van der Waals surface area contributed by atoms with Crippen molar-refractivity contribution in [1.82, 2.24) is 4.90 Å². The second-order valence-electron chi connectivity index (χ2n) is 2.92. The van der Waals surface area contributed by atoms with Crippen molar-refractivity contribution in [2.24, 2.45) is 0 Å². The van der Waals surface area contributed by atoms with Gasteiger partial charge in [-0.1, -0.05) is 5.73 Å². The van der Waals surface area contributed by atoms with E-state index in [1.165, 1.54) is 0 Å². The van der Waals surface area contributed by atoms with Gasteiger partial charge in [0.05, 0.1) is 5.70 Å². The van der Waals surface area contributed by atoms with Crippen LogP contribution in [0.3, 0.4) is 0 Å². The third-order valence-electron chi connectivity index (χ3n) is 1.96. The molecule has 0 aromatic carbocycles. The molecule has 0 radical (unpaired) electrons. The molecule has 0 saturated carbocycles. The Morgan fingerprint density at radius 1 is 1.46 bits per heavy atom. The Labute approximate surface area is 76.9 Å². The third-order valence-corrected chi connectivity index (χ3v) is 1.96. The number of ketones is 1. The topological polar surface area (TPSA) is 20.3 Å². The second kappa shape index (κ2) is 2.92. The number of hydrogen-bond acceptors (Lipinski definition) is 2. The lowest BCUT2D eigenvalue weighted by Crippen LogP contribution is -2.14. The van der Waals surface area contributed by atoms with Gasteiger partial charge in [0, 0.05) is 18.0 Å². The number of carbonyl (C=O) groups excluding carboxylic acids is 1. The summed E-state index contributed by atoms with van der Waals surface area (Å²) >= 11 is 0. The minimum absolute atomic E-state index is 0.0817. The van der Waals surface area contributed by atoms with E-state index >= 15 is 0 Å². The van der Waals surface area contributed by atoms with Crippen LogP contribution in [-0.2, 0) is 4.79 Å². The monoisotopic (exact) mass is 171 g/mol. The third kappa shape index (κ3) is 1.40. The normalized spacial score (nSPS) is 18.1. The molecule has 0 unspecified atom stereocenters. The van der Waals surface area contributed by atoms with Crippen LogP contribution in [0.25, 0.3) is 0 Å². The molecule has 2 aliphatic rings. The van der Waals surface area contributed by atoms with Crippen LogP contribution in [0.2, 0.25) is 0 Å². The van der Waals surface area contributed by atoms with E-state index in [1.54, 1.807) is 6.92 Å². The molecule has 13 heavy (non-hydrogen) atoms. The van der Waals surface area contributed by atoms with Crippen LogP contribution in [-0.4, -0.2) is 10.7 Å². The minimum atomic E-state index is 0.0817. The SMILES string of the molecule is CC(=O)C1=CN2C=CC=C=C2C=C1. The molecule has 0 aromatic heterocycles. The first kappa shape index (κ1) is 7.84. The molecule has 0 atom stereocenters. The molecule has 0 aliphatic carbocycles. The summed E-state index contributed by atoms with van der Waals surface area (Å²) in [6.07, 6.45) is 11.1. The van der Waals surface area contributed by atoms with Crippen LogP contribution in [0.1, 0.15) is 6.92 Å². The van der Waals surface area contributed by atoms with Crippen molar-refractivity contribution in [3.8, 4) is 0 Å². The van der Waals surface area contributed by atoms with Gasteiger partial charge in [-0.05, 0) is 31.2 Å². The van der Waals surface area contributed by atoms with Gasteiger partial charge in [-0.15, -0.1) is 0 Å². The molecule has 64 valence electrons. The minimum Gasteiger partial charge on any atom is -0.317 e. The lowest BCUT2D eigenvalue weighted by molar-refractivity contribution is -0.113. The summed E-state index contributed by atoms with van der Waals surface area (Å²) in [5.74, 6) is 0.0817. The number of rotatable bonds is 1. The highest BCUT2D eigenvalue weighted by molar-refractivity contribution is 5.96. The van der Waals surface area contributed by atoms with Crippen LogP contribution >= 0.6 is 0 Å². The van der Waals surface area contributed by atoms with Crippen molar-refractivity contribution >= 4 is 5.78 Å². The van der Waals surface area contributed by atoms with Crippen molar-refractivity contribution < 1.29 is 4.79 Å². The van der Waals surface area contributed by atoms with Crippen molar-refractivity contribution in [3.05, 3.63) is 53.7 Å². The highest BCUT2D eigenvalue weighted by Crippen LogP contribution is 2.18. The van der Waals surface area contributed by atoms with Gasteiger partial charge in [-0.3, -0.25) is 4.79 Å². The summed E-state index contributed by atoms with van der Waals surface area (Å²) < 4.78 is 0. The van der Waals surface area contributed by atoms with Gasteiger partial charge in [0.1, 0.15) is 0 Å². The molecule has 0 aromatic rings. The van der Waals surface area contributed by atoms with Crippen molar-refractivity contribution in [2.75, 3.05) is 0 Å². The lowest BCUT2D eigenvalue weighted by Gasteiger charge is -2.20. The Balaban J connectivity index is 2.40. The molecule has 2 heteroatoms. The van der Waals surface area contributed by atoms with Gasteiger partial charge < -0.3 is 4.90 Å². The summed E-state index contributed by atoms with van der Waals surface area (Å²) in [6, 6.07) is 0. The van der Waals surface area contributed by atoms with Gasteiger partial charge in [0.15, 0.2) is 5.78 Å². The van der Waals surface area contributed by atoms with Crippen LogP contribution in [0, 0.1) is 0 Å². The maximum absolute atomic E-state index is 11.1. The van der Waals surface area contributed by atoms with Gasteiger partial charge in [0.2, 0.25) is 0 Å². The summed E-state index contributed by atoms with van der Waals surface area (Å²) in [5.41, 5.74) is 4.75. The van der Waals surface area contributed by atoms with Crippen LogP contribution in [0.5, 0.6) is 0 Å². The van der Waals surface area contributed by atoms with E-state index in [2.05, 4.69) is 5.73 Å². The fraction of sp³-hybridized carbons (Fsp3) is 0.0909. The number of allylic oxidation sites excluding steroid dienone is 4. The Morgan fingerprint density at radius 2 is 2.31 bits per heavy atom. The van der Waals surface area contributed by atoms with E-state index < -0.39 is 0 Å². The summed E-state index contributed by atoms with van der Waals surface area (Å²) in [5, 5.41) is 0. The molecule has 2 nitrogen and oxygen atoms in total. The lowest BCUT2D eigenvalue weighted by atomic mass is 10.1. The van der Waals surface area contributed by atoms with E-state index in [4.69, 9.17) is 0 Å². The van der Waals surface area contributed by atoms with Gasteiger partial charge in [-0.25, -0.2) is 0 Å². The predicted molar refractivity (Wildman–Crippen MR) is 50.5 cm³/mol. The average Bonchev–Trinajstić information content (AvgIpc) is 2.17. The maximum Gasteiger partial charge on any atom is 0.161 e. The van der Waals surface area contributed by atoms with Crippen LogP contribution in [0.15, 0.2) is 53.7 Å². The average molecular weight is 171 g/mol. The zero-order chi connectivity index (χ0) is 9.26. The van der Waals surface area contributed by atoms with Crippen LogP contribution in [0.4, 0.5) is 0 Å². The number of Topliss-reactive ketones (excluding diaryl/α,β-unsaturated/α-hetero) is 1. The Hall–Kier alpha value is -1.79. The predicted octanol–water partition coefficient (Wildman–Crippen LogP) is 1.90. The van der Waals surface area contributed by atoms with E-state index in [9.17, 15) is 4.79 Å². The van der Waals surface area contributed by atoms with Gasteiger partial charge >= 0.3 is 0 Å². The summed E-state index contributed by atoms with van der Waals surface area (Å²) in [4.78, 5) is 13.0. The molecule has 0 bridgehead atoms. The van der Waals surface area contributed by atoms with E-state index in [1.807, 2.05) is 41.6 Å². The summed E-state index contributed by atoms with van der Waals surface area (Å²) in [7, 11) is 0. The Kier molecular flexibility index (Phi) is 1.76. The largest absolute Gasteiger partial charge is 0.317 e. The number of hydrogen-bond donors (Lipinski definition) is 0. The highest BCUT2D eigenvalue weighted by atomic mass is 16.1. The smallest absolute Gasteiger partial charge is 0.161 e. The molecular formula is C11H9NO. The zero-order valence-electron chi connectivity index (χ0n) is 7.32. The van der Waals surface area contributed by atoms with Gasteiger partial charge in [-0.2, -0.15) is 0 Å². The maximum atomic E-state index is 11.1. The second-order valence-corrected chi connectivity index (χ2v) is 2.92. The van der Waals surface area contributed by atoms with E-state index in [-0.39, 0.29) is 5.78 Å². The molecule has 0 N–H and O–H groups in total. The zero-order valence-corrected chi connectivity index (χ0v) is 7.32. The first-order chi connectivity index (χ1) is 6.27. The number of nitrogens with zero attached hydrogens (tertiary/aromatic N) is 1. The standard InChI is InChI=1S/C11H9NO/c1-9(13)10-5-6-11-4-2-3-7-12(11)8-10/h2-3,5-8H,1H3. The molecule has 2 aliphatic heterocycles. The van der Waals surface area contributed by atoms with E-state index in [0.717, 1.165) is 11.3 Å². The van der Waals surface area contributed by atoms with Gasteiger partial charge in [0.25, 0.3) is 0 Å².